The second-order valence-corrected chi connectivity index (χ2v) is 14.2. The molecule has 0 spiro atoms. The Hall–Kier alpha value is -3.66. The van der Waals surface area contributed by atoms with Crippen LogP contribution in [-0.4, -0.2) is 58.6 Å². The number of benzene rings is 1. The molecule has 0 unspecified atom stereocenters. The van der Waals surface area contributed by atoms with Gasteiger partial charge in [0.1, 0.15) is 11.6 Å². The van der Waals surface area contributed by atoms with Gasteiger partial charge in [-0.25, -0.2) is 13.8 Å². The highest BCUT2D eigenvalue weighted by molar-refractivity contribution is 7.14. The van der Waals surface area contributed by atoms with E-state index in [4.69, 9.17) is 9.72 Å². The molecule has 2 aromatic heterocycles. The molecule has 2 fully saturated rings. The van der Waals surface area contributed by atoms with Gasteiger partial charge in [0, 0.05) is 31.6 Å². The van der Waals surface area contributed by atoms with Gasteiger partial charge in [-0.1, -0.05) is 39.8 Å². The number of ether oxygens (including phenoxy) is 1. The molecular formula is C32H38F2N6O3S. The fourth-order valence-electron chi connectivity index (χ4n) is 5.55. The maximum Gasteiger partial charge on any atom is 0.272 e. The number of rotatable bonds is 10. The van der Waals surface area contributed by atoms with Gasteiger partial charge >= 0.3 is 0 Å². The molecule has 4 heterocycles. The Morgan fingerprint density at radius 3 is 2.68 bits per heavy atom. The van der Waals surface area contributed by atoms with Crippen molar-refractivity contribution in [3.63, 3.8) is 0 Å². The first-order valence-corrected chi connectivity index (χ1v) is 15.6. The monoisotopic (exact) mass is 624 g/mol. The Morgan fingerprint density at radius 2 is 2.05 bits per heavy atom. The van der Waals surface area contributed by atoms with Crippen LogP contribution in [0.1, 0.15) is 67.1 Å². The summed E-state index contributed by atoms with van der Waals surface area (Å²) in [5.74, 6) is -0.579. The van der Waals surface area contributed by atoms with Crippen molar-refractivity contribution in [2.24, 2.45) is 10.8 Å². The first-order valence-electron chi connectivity index (χ1n) is 14.8. The van der Waals surface area contributed by atoms with Crippen molar-refractivity contribution in [1.29, 1.82) is 5.26 Å². The predicted octanol–water partition coefficient (Wildman–Crippen LogP) is 5.90. The number of nitriles is 1. The third kappa shape index (κ3) is 7.17. The van der Waals surface area contributed by atoms with Crippen molar-refractivity contribution in [3.05, 3.63) is 57.3 Å². The lowest BCUT2D eigenvalue weighted by atomic mass is 9.86. The van der Waals surface area contributed by atoms with E-state index in [1.54, 1.807) is 11.0 Å². The van der Waals surface area contributed by atoms with E-state index >= 15 is 0 Å². The molecule has 9 nitrogen and oxygen atoms in total. The number of halogens is 2. The largest absolute Gasteiger partial charge is 0.379 e. The highest BCUT2D eigenvalue weighted by Crippen LogP contribution is 2.32. The summed E-state index contributed by atoms with van der Waals surface area (Å²) in [5, 5.41) is 16.2. The zero-order chi connectivity index (χ0) is 31.6. The summed E-state index contributed by atoms with van der Waals surface area (Å²) in [6, 6.07) is 10.4. The summed E-state index contributed by atoms with van der Waals surface area (Å²) in [4.78, 5) is 33.1. The number of hydrogen-bond donors (Lipinski definition) is 2. The van der Waals surface area contributed by atoms with Crippen LogP contribution in [0.5, 0.6) is 0 Å². The van der Waals surface area contributed by atoms with Crippen molar-refractivity contribution in [2.75, 3.05) is 31.6 Å². The first kappa shape index (κ1) is 31.8. The van der Waals surface area contributed by atoms with Gasteiger partial charge in [-0.05, 0) is 48.1 Å². The van der Waals surface area contributed by atoms with E-state index in [0.717, 1.165) is 35.4 Å². The molecule has 44 heavy (non-hydrogen) atoms. The minimum atomic E-state index is -2.66. The average molecular weight is 625 g/mol. The number of hydrogen-bond acceptors (Lipinski definition) is 7. The summed E-state index contributed by atoms with van der Waals surface area (Å²) in [7, 11) is 0. The van der Waals surface area contributed by atoms with E-state index in [2.05, 4.69) is 37.5 Å². The van der Waals surface area contributed by atoms with Gasteiger partial charge < -0.3 is 19.5 Å². The van der Waals surface area contributed by atoms with Gasteiger partial charge in [-0.2, -0.15) is 5.26 Å². The molecule has 12 heteroatoms. The second-order valence-electron chi connectivity index (χ2n) is 13.1. The lowest BCUT2D eigenvalue weighted by Crippen LogP contribution is -2.41. The Kier molecular flexibility index (Phi) is 9.20. The number of carbonyl (C=O) groups is 2. The Balaban J connectivity index is 1.45. The van der Waals surface area contributed by atoms with Crippen molar-refractivity contribution in [1.82, 2.24) is 19.8 Å². The summed E-state index contributed by atoms with van der Waals surface area (Å²) in [5.41, 5.74) is 2.36. The quantitative estimate of drug-likeness (QED) is 0.215. The topological polar surface area (TPSA) is 112 Å². The highest BCUT2D eigenvalue weighted by atomic mass is 32.1. The van der Waals surface area contributed by atoms with Gasteiger partial charge in [0.05, 0.1) is 40.0 Å². The van der Waals surface area contributed by atoms with Crippen molar-refractivity contribution >= 4 is 40.1 Å². The van der Waals surface area contributed by atoms with Crippen LogP contribution in [0.4, 0.5) is 14.7 Å². The number of likely N-dealkylation sites (tertiary alicyclic amines) is 1. The van der Waals surface area contributed by atoms with E-state index in [1.165, 1.54) is 12.1 Å². The molecule has 2 saturated heterocycles. The number of anilines is 1. The maximum atomic E-state index is 13.6. The fourth-order valence-corrected chi connectivity index (χ4v) is 6.31. The highest BCUT2D eigenvalue weighted by Gasteiger charge is 2.36. The average Bonchev–Trinajstić information content (AvgIpc) is 3.70. The van der Waals surface area contributed by atoms with E-state index in [9.17, 15) is 23.6 Å². The van der Waals surface area contributed by atoms with Gasteiger partial charge in [0.15, 0.2) is 0 Å². The summed E-state index contributed by atoms with van der Waals surface area (Å²) < 4.78 is 33.6. The number of alkyl halides is 2. The molecule has 2 aliphatic rings. The van der Waals surface area contributed by atoms with Crippen LogP contribution in [0, 0.1) is 22.2 Å². The molecule has 3 aromatic rings. The molecule has 5 rings (SSSR count). The molecule has 0 saturated carbocycles. The van der Waals surface area contributed by atoms with Crippen LogP contribution in [0.25, 0.3) is 11.0 Å². The zero-order valence-corrected chi connectivity index (χ0v) is 26.3. The van der Waals surface area contributed by atoms with Crippen molar-refractivity contribution in [2.45, 2.75) is 66.1 Å². The van der Waals surface area contributed by atoms with Crippen LogP contribution in [-0.2, 0) is 22.6 Å². The van der Waals surface area contributed by atoms with Crippen molar-refractivity contribution in [3.8, 4) is 6.07 Å². The minimum Gasteiger partial charge on any atom is -0.379 e. The molecule has 1 atom stereocenters. The fraction of sp³-hybridized carbons (Fsp3) is 0.500. The molecule has 2 aliphatic heterocycles. The smallest absolute Gasteiger partial charge is 0.272 e. The van der Waals surface area contributed by atoms with Crippen LogP contribution < -0.4 is 10.6 Å². The van der Waals surface area contributed by atoms with Crippen LogP contribution in [0.2, 0.25) is 0 Å². The van der Waals surface area contributed by atoms with Gasteiger partial charge in [-0.15, -0.1) is 11.3 Å². The third-order valence-electron chi connectivity index (χ3n) is 7.83. The standard InChI is InChI=1S/C32H38F2N6O3S/c1-31(2,3)17-36-15-20-7-8-23-24(12-20)40(30(37-23)38-28(41)26-10-9-25(44-26)27(33)34)16-22-6-5-11-39(22)29(42)21(14-35)13-32(4)18-43-19-32/h7-10,12-13,22,27,36H,5-6,11,15-19H2,1-4H3,(H,37,38,41)/b21-13+/t22-/m1/s1. The second kappa shape index (κ2) is 12.8. The molecule has 234 valence electrons. The Bertz CT molecular complexity index is 1610. The molecule has 1 aromatic carbocycles. The first-order chi connectivity index (χ1) is 20.9. The van der Waals surface area contributed by atoms with E-state index in [-0.39, 0.29) is 44.1 Å². The lowest BCUT2D eigenvalue weighted by Gasteiger charge is -2.35. The number of carbonyl (C=O) groups excluding carboxylic acids is 2. The SMILES string of the molecule is CC(C)(C)CNCc1ccc2nc(NC(=O)c3ccc(C(F)F)s3)n(C[C@H]3CCCN3C(=O)/C(C#N)=C/C3(C)COC3)c2c1. The van der Waals surface area contributed by atoms with Gasteiger partial charge in [0.2, 0.25) is 5.95 Å². The summed E-state index contributed by atoms with van der Waals surface area (Å²) in [6.07, 6.45) is 0.553. The lowest BCUT2D eigenvalue weighted by molar-refractivity contribution is -0.128. The van der Waals surface area contributed by atoms with E-state index in [0.29, 0.717) is 44.8 Å². The number of nitrogens with one attached hydrogen (secondary N) is 2. The summed E-state index contributed by atoms with van der Waals surface area (Å²) >= 11 is 0.742. The molecule has 2 amide bonds. The predicted molar refractivity (Wildman–Crippen MR) is 165 cm³/mol. The Labute approximate surface area is 259 Å². The molecule has 0 radical (unpaired) electrons. The van der Waals surface area contributed by atoms with E-state index in [1.807, 2.05) is 29.7 Å². The number of amides is 2. The Morgan fingerprint density at radius 1 is 1.27 bits per heavy atom. The van der Waals surface area contributed by atoms with Crippen LogP contribution in [0.15, 0.2) is 42.0 Å². The number of fused-ring (bicyclic) bond motifs is 1. The van der Waals surface area contributed by atoms with Crippen LogP contribution >= 0.6 is 11.3 Å². The molecule has 0 aliphatic carbocycles. The number of aromatic nitrogens is 2. The number of thiophene rings is 1. The van der Waals surface area contributed by atoms with Gasteiger partial charge in [-0.3, -0.25) is 14.9 Å². The van der Waals surface area contributed by atoms with E-state index < -0.39 is 12.3 Å². The minimum absolute atomic E-state index is 0.103. The molecule has 0 bridgehead atoms. The van der Waals surface area contributed by atoms with Crippen molar-refractivity contribution < 1.29 is 23.1 Å². The zero-order valence-electron chi connectivity index (χ0n) is 25.5. The maximum absolute atomic E-state index is 13.6. The molecule has 2 N–H and O–H groups in total. The number of imidazole rings is 1. The molecular weight excluding hydrogens is 586 g/mol. The summed E-state index contributed by atoms with van der Waals surface area (Å²) in [6.45, 7) is 11.7. The van der Waals surface area contributed by atoms with Crippen LogP contribution in [0.3, 0.4) is 0 Å². The van der Waals surface area contributed by atoms with Gasteiger partial charge in [0.25, 0.3) is 18.2 Å². The normalized spacial score (nSPS) is 18.5. The third-order valence-corrected chi connectivity index (χ3v) is 8.92. The number of nitrogens with zero attached hydrogens (tertiary/aromatic N) is 4.